The van der Waals surface area contributed by atoms with Gasteiger partial charge in [-0.15, -0.1) is 0 Å². The number of nitrogens with two attached hydrogens (primary N) is 1. The lowest BCUT2D eigenvalue weighted by molar-refractivity contribution is 0.388. The van der Waals surface area contributed by atoms with Gasteiger partial charge in [0, 0.05) is 6.54 Å². The molecule has 2 aromatic rings. The number of hydrogen-bond acceptors (Lipinski definition) is 3. The highest BCUT2D eigenvalue weighted by Crippen LogP contribution is 2.19. The van der Waals surface area contributed by atoms with E-state index in [1.807, 2.05) is 6.07 Å². The number of nitrogen functional groups attached to an aromatic ring is 1. The van der Waals surface area contributed by atoms with Crippen LogP contribution in [0.2, 0.25) is 0 Å². The molecule has 0 saturated heterocycles. The van der Waals surface area contributed by atoms with Crippen molar-refractivity contribution in [2.24, 2.45) is 0 Å². The van der Waals surface area contributed by atoms with Gasteiger partial charge in [-0.2, -0.15) is 0 Å². The van der Waals surface area contributed by atoms with Crippen LogP contribution >= 0.6 is 0 Å². The second-order valence-electron chi connectivity index (χ2n) is 4.77. The molecule has 0 saturated carbocycles. The number of benzene rings is 1. The van der Waals surface area contributed by atoms with Gasteiger partial charge in [-0.1, -0.05) is 6.07 Å². The molecule has 17 heavy (non-hydrogen) atoms. The summed E-state index contributed by atoms with van der Waals surface area (Å²) in [6.07, 6.45) is 1.08. The second kappa shape index (κ2) is 4.75. The number of imidazole rings is 1. The molecule has 1 aromatic carbocycles. The zero-order valence-electron chi connectivity index (χ0n) is 10.8. The highest BCUT2D eigenvalue weighted by Gasteiger charge is 2.07. The molecule has 0 aliphatic rings. The SMILES string of the molecule is Cc1ccc2nc(N)n(CCCN(C)C)c2c1. The lowest BCUT2D eigenvalue weighted by Crippen LogP contribution is -2.15. The van der Waals surface area contributed by atoms with E-state index in [1.165, 1.54) is 5.56 Å². The van der Waals surface area contributed by atoms with E-state index in [1.54, 1.807) is 0 Å². The van der Waals surface area contributed by atoms with E-state index >= 15 is 0 Å². The Morgan fingerprint density at radius 1 is 1.35 bits per heavy atom. The molecule has 0 unspecified atom stereocenters. The Morgan fingerprint density at radius 3 is 2.82 bits per heavy atom. The summed E-state index contributed by atoms with van der Waals surface area (Å²) in [6.45, 7) is 4.07. The van der Waals surface area contributed by atoms with Gasteiger partial charge in [0.25, 0.3) is 0 Å². The molecule has 0 amide bonds. The van der Waals surface area contributed by atoms with Crippen LogP contribution in [0, 0.1) is 6.92 Å². The van der Waals surface area contributed by atoms with Crippen LogP contribution in [0.5, 0.6) is 0 Å². The average molecular weight is 232 g/mol. The first kappa shape index (κ1) is 11.9. The summed E-state index contributed by atoms with van der Waals surface area (Å²) >= 11 is 0. The Balaban J connectivity index is 2.26. The standard InChI is InChI=1S/C13H20N4/c1-10-5-6-11-12(9-10)17(13(14)15-11)8-4-7-16(2)3/h5-6,9H,4,7-8H2,1-3H3,(H2,14,15). The van der Waals surface area contributed by atoms with Gasteiger partial charge >= 0.3 is 0 Å². The van der Waals surface area contributed by atoms with Crippen molar-refractivity contribution < 1.29 is 0 Å². The maximum Gasteiger partial charge on any atom is 0.201 e. The fraction of sp³-hybridized carbons (Fsp3) is 0.462. The van der Waals surface area contributed by atoms with Crippen LogP contribution in [0.3, 0.4) is 0 Å². The molecule has 4 nitrogen and oxygen atoms in total. The van der Waals surface area contributed by atoms with Crippen LogP contribution in [-0.2, 0) is 6.54 Å². The summed E-state index contributed by atoms with van der Waals surface area (Å²) in [7, 11) is 4.17. The number of rotatable bonds is 4. The smallest absolute Gasteiger partial charge is 0.201 e. The molecule has 0 aliphatic heterocycles. The Hall–Kier alpha value is -1.55. The molecule has 0 aliphatic carbocycles. The van der Waals surface area contributed by atoms with E-state index in [2.05, 4.69) is 47.6 Å². The van der Waals surface area contributed by atoms with Gasteiger partial charge < -0.3 is 15.2 Å². The van der Waals surface area contributed by atoms with Gasteiger partial charge in [-0.25, -0.2) is 4.98 Å². The molecule has 0 fully saturated rings. The van der Waals surface area contributed by atoms with Crippen LogP contribution in [-0.4, -0.2) is 35.1 Å². The summed E-state index contributed by atoms with van der Waals surface area (Å²) in [5.74, 6) is 0.615. The molecule has 2 N–H and O–H groups in total. The first-order valence-corrected chi connectivity index (χ1v) is 5.95. The van der Waals surface area contributed by atoms with Crippen LogP contribution in [0.1, 0.15) is 12.0 Å². The molecule has 0 radical (unpaired) electrons. The third-order valence-electron chi connectivity index (χ3n) is 2.92. The van der Waals surface area contributed by atoms with Gasteiger partial charge in [-0.05, 0) is 51.7 Å². The van der Waals surface area contributed by atoms with Gasteiger partial charge in [0.2, 0.25) is 5.95 Å². The largest absolute Gasteiger partial charge is 0.369 e. The van der Waals surface area contributed by atoms with Gasteiger partial charge in [0.1, 0.15) is 0 Å². The van der Waals surface area contributed by atoms with Crippen LogP contribution < -0.4 is 5.73 Å². The normalized spacial score (nSPS) is 11.5. The van der Waals surface area contributed by atoms with Crippen LogP contribution in [0.25, 0.3) is 11.0 Å². The number of fused-ring (bicyclic) bond motifs is 1. The van der Waals surface area contributed by atoms with Crippen LogP contribution in [0.4, 0.5) is 5.95 Å². The molecule has 1 heterocycles. The molecular weight excluding hydrogens is 212 g/mol. The molecule has 1 aromatic heterocycles. The molecule has 0 spiro atoms. The predicted octanol–water partition coefficient (Wildman–Crippen LogP) is 1.88. The maximum absolute atomic E-state index is 5.96. The maximum atomic E-state index is 5.96. The van der Waals surface area contributed by atoms with E-state index in [4.69, 9.17) is 5.73 Å². The van der Waals surface area contributed by atoms with E-state index in [-0.39, 0.29) is 0 Å². The van der Waals surface area contributed by atoms with Gasteiger partial charge in [-0.3, -0.25) is 0 Å². The summed E-state index contributed by atoms with van der Waals surface area (Å²) in [4.78, 5) is 6.56. The van der Waals surface area contributed by atoms with Crippen molar-refractivity contribution in [3.05, 3.63) is 23.8 Å². The minimum absolute atomic E-state index is 0.615. The third kappa shape index (κ3) is 2.58. The number of aryl methyl sites for hydroxylation is 2. The first-order valence-electron chi connectivity index (χ1n) is 5.95. The quantitative estimate of drug-likeness (QED) is 0.875. The topological polar surface area (TPSA) is 47.1 Å². The molecule has 0 atom stereocenters. The van der Waals surface area contributed by atoms with Crippen molar-refractivity contribution in [2.75, 3.05) is 26.4 Å². The van der Waals surface area contributed by atoms with Crippen molar-refractivity contribution in [3.8, 4) is 0 Å². The van der Waals surface area contributed by atoms with Gasteiger partial charge in [0.05, 0.1) is 11.0 Å². The second-order valence-corrected chi connectivity index (χ2v) is 4.77. The zero-order chi connectivity index (χ0) is 12.4. The van der Waals surface area contributed by atoms with Crippen molar-refractivity contribution in [2.45, 2.75) is 19.9 Å². The Kier molecular flexibility index (Phi) is 3.33. The highest BCUT2D eigenvalue weighted by atomic mass is 15.2. The molecule has 92 valence electrons. The summed E-state index contributed by atoms with van der Waals surface area (Å²) in [6, 6.07) is 6.25. The zero-order valence-corrected chi connectivity index (χ0v) is 10.8. The predicted molar refractivity (Wildman–Crippen MR) is 72.1 cm³/mol. The average Bonchev–Trinajstić information content (AvgIpc) is 2.55. The third-order valence-corrected chi connectivity index (χ3v) is 2.92. The minimum Gasteiger partial charge on any atom is -0.369 e. The number of nitrogens with zero attached hydrogens (tertiary/aromatic N) is 3. The number of hydrogen-bond donors (Lipinski definition) is 1. The Labute approximate surface area is 102 Å². The fourth-order valence-corrected chi connectivity index (χ4v) is 2.03. The highest BCUT2D eigenvalue weighted by molar-refractivity contribution is 5.79. The van der Waals surface area contributed by atoms with Gasteiger partial charge in [0.15, 0.2) is 0 Å². The molecule has 2 rings (SSSR count). The lowest BCUT2D eigenvalue weighted by atomic mass is 10.2. The number of aromatic nitrogens is 2. The van der Waals surface area contributed by atoms with E-state index in [9.17, 15) is 0 Å². The summed E-state index contributed by atoms with van der Waals surface area (Å²) < 4.78 is 2.10. The monoisotopic (exact) mass is 232 g/mol. The fourth-order valence-electron chi connectivity index (χ4n) is 2.03. The van der Waals surface area contributed by atoms with E-state index in [0.29, 0.717) is 5.95 Å². The van der Waals surface area contributed by atoms with E-state index in [0.717, 1.165) is 30.5 Å². The van der Waals surface area contributed by atoms with Crippen molar-refractivity contribution >= 4 is 17.0 Å². The van der Waals surface area contributed by atoms with E-state index < -0.39 is 0 Å². The molecule has 0 bridgehead atoms. The Bertz CT molecular complexity index is 513. The minimum atomic E-state index is 0.615. The lowest BCUT2D eigenvalue weighted by Gasteiger charge is -2.11. The Morgan fingerprint density at radius 2 is 2.12 bits per heavy atom. The summed E-state index contributed by atoms with van der Waals surface area (Å²) in [5, 5.41) is 0. The molecule has 4 heteroatoms. The van der Waals surface area contributed by atoms with Crippen molar-refractivity contribution in [1.29, 1.82) is 0 Å². The van der Waals surface area contributed by atoms with Crippen molar-refractivity contribution in [1.82, 2.24) is 14.5 Å². The van der Waals surface area contributed by atoms with Crippen LogP contribution in [0.15, 0.2) is 18.2 Å². The van der Waals surface area contributed by atoms with Crippen molar-refractivity contribution in [3.63, 3.8) is 0 Å². The summed E-state index contributed by atoms with van der Waals surface area (Å²) in [5.41, 5.74) is 9.32. The first-order chi connectivity index (χ1) is 8.08. The number of anilines is 1. The molecular formula is C13H20N4.